The summed E-state index contributed by atoms with van der Waals surface area (Å²) >= 11 is 0. The summed E-state index contributed by atoms with van der Waals surface area (Å²) in [6.07, 6.45) is 8.03. The third-order valence-corrected chi connectivity index (χ3v) is 4.85. The van der Waals surface area contributed by atoms with Crippen LogP contribution in [0, 0.1) is 5.92 Å². The Hall–Kier alpha value is -1.45. The number of hydrogen-bond acceptors (Lipinski definition) is 3. The van der Waals surface area contributed by atoms with E-state index in [1.165, 1.54) is 48.7 Å². The topological polar surface area (TPSA) is 28.2 Å². The predicted molar refractivity (Wildman–Crippen MR) is 86.2 cm³/mol. The summed E-state index contributed by atoms with van der Waals surface area (Å²) < 4.78 is 0. The second-order valence-electron chi connectivity index (χ2n) is 6.57. The molecule has 1 atom stereocenters. The van der Waals surface area contributed by atoms with E-state index in [2.05, 4.69) is 39.5 Å². The van der Waals surface area contributed by atoms with E-state index in [9.17, 15) is 0 Å². The molecule has 2 aliphatic rings. The van der Waals surface area contributed by atoms with Crippen LogP contribution in [0.15, 0.2) is 36.7 Å². The normalized spacial score (nSPS) is 23.0. The first-order chi connectivity index (χ1) is 10.4. The van der Waals surface area contributed by atoms with Gasteiger partial charge < -0.3 is 10.2 Å². The third kappa shape index (κ3) is 3.09. The van der Waals surface area contributed by atoms with Crippen LogP contribution in [0.25, 0.3) is 10.8 Å². The molecular formula is C18H23N3. The summed E-state index contributed by atoms with van der Waals surface area (Å²) in [4.78, 5) is 6.85. The molecule has 2 aromatic rings. The van der Waals surface area contributed by atoms with E-state index in [1.807, 2.05) is 12.4 Å². The van der Waals surface area contributed by atoms with Crippen LogP contribution in [0.5, 0.6) is 0 Å². The van der Waals surface area contributed by atoms with E-state index in [-0.39, 0.29) is 0 Å². The molecule has 2 heterocycles. The fourth-order valence-corrected chi connectivity index (χ4v) is 3.46. The lowest BCUT2D eigenvalue weighted by Crippen LogP contribution is -2.27. The number of hydrogen-bond donors (Lipinski definition) is 1. The molecule has 0 radical (unpaired) electrons. The number of rotatable bonds is 5. The van der Waals surface area contributed by atoms with Crippen molar-refractivity contribution in [1.29, 1.82) is 0 Å². The van der Waals surface area contributed by atoms with E-state index in [4.69, 9.17) is 0 Å². The van der Waals surface area contributed by atoms with Crippen molar-refractivity contribution in [3.8, 4) is 0 Å². The summed E-state index contributed by atoms with van der Waals surface area (Å²) in [6, 6.07) is 9.67. The van der Waals surface area contributed by atoms with Gasteiger partial charge in [0, 0.05) is 36.9 Å². The summed E-state index contributed by atoms with van der Waals surface area (Å²) in [7, 11) is 0. The maximum atomic E-state index is 4.16. The van der Waals surface area contributed by atoms with Crippen LogP contribution in [0.4, 0.5) is 0 Å². The molecule has 3 heteroatoms. The minimum absolute atomic E-state index is 0.843. The summed E-state index contributed by atoms with van der Waals surface area (Å²) in [5.74, 6) is 0.843. The molecule has 0 bridgehead atoms. The highest BCUT2D eigenvalue weighted by Crippen LogP contribution is 2.31. The van der Waals surface area contributed by atoms with Gasteiger partial charge in [0.25, 0.3) is 0 Å². The zero-order chi connectivity index (χ0) is 14.1. The van der Waals surface area contributed by atoms with Crippen LogP contribution in [-0.4, -0.2) is 35.6 Å². The van der Waals surface area contributed by atoms with Gasteiger partial charge in [-0.15, -0.1) is 0 Å². The van der Waals surface area contributed by atoms with Crippen LogP contribution >= 0.6 is 0 Å². The average molecular weight is 281 g/mol. The number of likely N-dealkylation sites (tertiary alicyclic amines) is 1. The van der Waals surface area contributed by atoms with Crippen molar-refractivity contribution in [3.63, 3.8) is 0 Å². The molecule has 0 spiro atoms. The molecule has 110 valence electrons. The van der Waals surface area contributed by atoms with E-state index in [0.29, 0.717) is 0 Å². The SMILES string of the molecule is c1cc2cc(CNCC3CCN(C4CC4)C3)ccc2cn1. The standard InChI is InChI=1S/C18H23N3/c1-2-17-12-19-7-5-16(17)9-14(1)10-20-11-15-6-8-21(13-15)18-3-4-18/h1-2,5,7,9,12,15,18,20H,3-4,6,8,10-11,13H2. The van der Waals surface area contributed by atoms with E-state index in [0.717, 1.165) is 25.0 Å². The van der Waals surface area contributed by atoms with Gasteiger partial charge in [0.05, 0.1) is 0 Å². The Labute approximate surface area is 126 Å². The van der Waals surface area contributed by atoms with Gasteiger partial charge in [0.1, 0.15) is 0 Å². The van der Waals surface area contributed by atoms with Crippen LogP contribution < -0.4 is 5.32 Å². The Morgan fingerprint density at radius 2 is 2.10 bits per heavy atom. The van der Waals surface area contributed by atoms with Gasteiger partial charge >= 0.3 is 0 Å². The van der Waals surface area contributed by atoms with Crippen LogP contribution in [-0.2, 0) is 6.54 Å². The first kappa shape index (κ1) is 13.2. The lowest BCUT2D eigenvalue weighted by molar-refractivity contribution is 0.312. The molecule has 1 aromatic heterocycles. The van der Waals surface area contributed by atoms with E-state index < -0.39 is 0 Å². The van der Waals surface area contributed by atoms with Crippen molar-refractivity contribution in [2.45, 2.75) is 31.8 Å². The molecule has 3 nitrogen and oxygen atoms in total. The molecular weight excluding hydrogens is 258 g/mol. The number of nitrogens with zero attached hydrogens (tertiary/aromatic N) is 2. The zero-order valence-electron chi connectivity index (χ0n) is 12.5. The van der Waals surface area contributed by atoms with Crippen molar-refractivity contribution >= 4 is 10.8 Å². The Balaban J connectivity index is 1.29. The highest BCUT2D eigenvalue weighted by atomic mass is 15.2. The predicted octanol–water partition coefficient (Wildman–Crippen LogP) is 2.81. The zero-order valence-corrected chi connectivity index (χ0v) is 12.5. The van der Waals surface area contributed by atoms with Gasteiger partial charge in [-0.1, -0.05) is 12.1 Å². The van der Waals surface area contributed by atoms with Crippen molar-refractivity contribution in [3.05, 3.63) is 42.2 Å². The monoisotopic (exact) mass is 281 g/mol. The summed E-state index contributed by atoms with van der Waals surface area (Å²) in [6.45, 7) is 4.75. The van der Waals surface area contributed by atoms with E-state index in [1.54, 1.807) is 0 Å². The third-order valence-electron chi connectivity index (χ3n) is 4.85. The Bertz CT molecular complexity index is 621. The van der Waals surface area contributed by atoms with Crippen LogP contribution in [0.1, 0.15) is 24.8 Å². The first-order valence-electron chi connectivity index (χ1n) is 8.16. The van der Waals surface area contributed by atoms with Crippen molar-refractivity contribution in [1.82, 2.24) is 15.2 Å². The number of fused-ring (bicyclic) bond motifs is 1. The molecule has 0 amide bonds. The van der Waals surface area contributed by atoms with Crippen molar-refractivity contribution in [2.75, 3.05) is 19.6 Å². The Morgan fingerprint density at radius 1 is 1.14 bits per heavy atom. The highest BCUT2D eigenvalue weighted by molar-refractivity contribution is 5.81. The van der Waals surface area contributed by atoms with Crippen LogP contribution in [0.3, 0.4) is 0 Å². The van der Waals surface area contributed by atoms with Gasteiger partial charge in [0.15, 0.2) is 0 Å². The number of benzene rings is 1. The Kier molecular flexibility index (Phi) is 3.62. The quantitative estimate of drug-likeness (QED) is 0.913. The molecule has 1 aliphatic carbocycles. The molecule has 21 heavy (non-hydrogen) atoms. The summed E-state index contributed by atoms with van der Waals surface area (Å²) in [5, 5.41) is 6.15. The average Bonchev–Trinajstić information content (AvgIpc) is 3.27. The molecule has 4 rings (SSSR count). The number of aromatic nitrogens is 1. The van der Waals surface area contributed by atoms with Crippen molar-refractivity contribution in [2.24, 2.45) is 5.92 Å². The molecule has 1 aromatic carbocycles. The van der Waals surface area contributed by atoms with Crippen LogP contribution in [0.2, 0.25) is 0 Å². The molecule has 1 unspecified atom stereocenters. The molecule has 1 aliphatic heterocycles. The lowest BCUT2D eigenvalue weighted by Gasteiger charge is -2.15. The second kappa shape index (κ2) is 5.74. The first-order valence-corrected chi connectivity index (χ1v) is 8.16. The van der Waals surface area contributed by atoms with Gasteiger partial charge in [-0.3, -0.25) is 4.98 Å². The van der Waals surface area contributed by atoms with Crippen molar-refractivity contribution < 1.29 is 0 Å². The second-order valence-corrected chi connectivity index (χ2v) is 6.57. The number of pyridine rings is 1. The molecule has 1 saturated carbocycles. The molecule has 2 fully saturated rings. The molecule has 1 N–H and O–H groups in total. The van der Waals surface area contributed by atoms with E-state index >= 15 is 0 Å². The minimum atomic E-state index is 0.843. The smallest absolute Gasteiger partial charge is 0.0346 e. The summed E-state index contributed by atoms with van der Waals surface area (Å²) in [5.41, 5.74) is 1.37. The van der Waals surface area contributed by atoms with Gasteiger partial charge in [0.2, 0.25) is 0 Å². The van der Waals surface area contributed by atoms with Gasteiger partial charge in [-0.05, 0) is 61.4 Å². The maximum absolute atomic E-state index is 4.16. The lowest BCUT2D eigenvalue weighted by atomic mass is 10.1. The largest absolute Gasteiger partial charge is 0.312 e. The maximum Gasteiger partial charge on any atom is 0.0346 e. The fourth-order valence-electron chi connectivity index (χ4n) is 3.46. The van der Waals surface area contributed by atoms with Gasteiger partial charge in [-0.25, -0.2) is 0 Å². The molecule has 1 saturated heterocycles. The fraction of sp³-hybridized carbons (Fsp3) is 0.500. The Morgan fingerprint density at radius 3 is 3.00 bits per heavy atom. The number of nitrogens with one attached hydrogen (secondary N) is 1. The highest BCUT2D eigenvalue weighted by Gasteiger charge is 2.33. The van der Waals surface area contributed by atoms with Gasteiger partial charge in [-0.2, -0.15) is 0 Å². The minimum Gasteiger partial charge on any atom is -0.312 e.